The van der Waals surface area contributed by atoms with Crippen molar-refractivity contribution in [1.82, 2.24) is 9.97 Å². The monoisotopic (exact) mass is 332 g/mol. The Hall–Kier alpha value is -0.430. The molecular formula is C11H17IN4. The molecule has 1 aliphatic rings. The van der Waals surface area contributed by atoms with E-state index in [1.165, 1.54) is 6.42 Å². The first-order valence-electron chi connectivity index (χ1n) is 5.63. The fourth-order valence-corrected chi connectivity index (χ4v) is 2.83. The maximum absolute atomic E-state index is 5.81. The van der Waals surface area contributed by atoms with Crippen LogP contribution in [0.25, 0.3) is 0 Å². The smallest absolute Gasteiger partial charge is 0.145 e. The van der Waals surface area contributed by atoms with E-state index in [0.717, 1.165) is 34.9 Å². The van der Waals surface area contributed by atoms with E-state index in [4.69, 9.17) is 5.73 Å². The van der Waals surface area contributed by atoms with Crippen LogP contribution in [-0.2, 0) is 0 Å². The maximum Gasteiger partial charge on any atom is 0.145 e. The number of rotatable bonds is 2. The van der Waals surface area contributed by atoms with Crippen LogP contribution in [-0.4, -0.2) is 29.6 Å². The van der Waals surface area contributed by atoms with Crippen LogP contribution in [0.15, 0.2) is 12.5 Å². The van der Waals surface area contributed by atoms with Crippen molar-refractivity contribution in [1.29, 1.82) is 0 Å². The summed E-state index contributed by atoms with van der Waals surface area (Å²) in [6.45, 7) is 5.15. The average Bonchev–Trinajstić information content (AvgIpc) is 2.31. The average molecular weight is 332 g/mol. The van der Waals surface area contributed by atoms with Gasteiger partial charge in [0.2, 0.25) is 0 Å². The van der Waals surface area contributed by atoms with Gasteiger partial charge in [0.05, 0.1) is 3.57 Å². The standard InChI is InChI=1S/C11H17IN4/c1-8-2-3-16(6-9(8)4-13)11-10(12)5-14-7-15-11/h5,7-9H,2-4,6,13H2,1H3. The number of hydrogen-bond acceptors (Lipinski definition) is 4. The van der Waals surface area contributed by atoms with Crippen molar-refractivity contribution < 1.29 is 0 Å². The van der Waals surface area contributed by atoms with Crippen molar-refractivity contribution in [3.05, 3.63) is 16.1 Å². The molecule has 2 N–H and O–H groups in total. The van der Waals surface area contributed by atoms with Crippen LogP contribution in [0.1, 0.15) is 13.3 Å². The topological polar surface area (TPSA) is 55.0 Å². The van der Waals surface area contributed by atoms with Crippen molar-refractivity contribution in [2.24, 2.45) is 17.6 Å². The number of anilines is 1. The number of halogens is 1. The summed E-state index contributed by atoms with van der Waals surface area (Å²) in [5, 5.41) is 0. The number of nitrogens with two attached hydrogens (primary N) is 1. The Morgan fingerprint density at radius 2 is 2.44 bits per heavy atom. The summed E-state index contributed by atoms with van der Waals surface area (Å²) in [6, 6.07) is 0. The Balaban J connectivity index is 2.14. The second-order valence-electron chi connectivity index (χ2n) is 4.40. The van der Waals surface area contributed by atoms with Crippen LogP contribution in [0.5, 0.6) is 0 Å². The largest absolute Gasteiger partial charge is 0.355 e. The molecule has 2 rings (SSSR count). The van der Waals surface area contributed by atoms with Crippen molar-refractivity contribution in [2.75, 3.05) is 24.5 Å². The minimum Gasteiger partial charge on any atom is -0.355 e. The zero-order chi connectivity index (χ0) is 11.5. The summed E-state index contributed by atoms with van der Waals surface area (Å²) < 4.78 is 1.12. The highest BCUT2D eigenvalue weighted by Crippen LogP contribution is 2.27. The predicted octanol–water partition coefficient (Wildman–Crippen LogP) is 1.50. The molecule has 0 aromatic carbocycles. The van der Waals surface area contributed by atoms with Crippen molar-refractivity contribution in [3.8, 4) is 0 Å². The van der Waals surface area contributed by atoms with Gasteiger partial charge in [0.25, 0.3) is 0 Å². The molecule has 1 aromatic rings. The van der Waals surface area contributed by atoms with E-state index in [2.05, 4.69) is 44.4 Å². The molecule has 1 aromatic heterocycles. The van der Waals surface area contributed by atoms with Crippen LogP contribution in [0.3, 0.4) is 0 Å². The third-order valence-electron chi connectivity index (χ3n) is 3.36. The predicted molar refractivity (Wildman–Crippen MR) is 73.3 cm³/mol. The van der Waals surface area contributed by atoms with Crippen LogP contribution in [0, 0.1) is 15.4 Å². The Kier molecular flexibility index (Phi) is 3.96. The minimum atomic E-state index is 0.583. The fraction of sp³-hybridized carbons (Fsp3) is 0.636. The van der Waals surface area contributed by atoms with Gasteiger partial charge in [-0.2, -0.15) is 0 Å². The molecule has 1 fully saturated rings. The highest BCUT2D eigenvalue weighted by molar-refractivity contribution is 14.1. The Bertz CT molecular complexity index is 358. The summed E-state index contributed by atoms with van der Waals surface area (Å²) in [5.41, 5.74) is 5.81. The number of hydrogen-bond donors (Lipinski definition) is 1. The quantitative estimate of drug-likeness (QED) is 0.834. The van der Waals surface area contributed by atoms with E-state index in [-0.39, 0.29) is 0 Å². The Morgan fingerprint density at radius 1 is 1.62 bits per heavy atom. The van der Waals surface area contributed by atoms with Crippen LogP contribution < -0.4 is 10.6 Å². The molecule has 0 saturated carbocycles. The number of piperidine rings is 1. The number of nitrogens with zero attached hydrogens (tertiary/aromatic N) is 3. The zero-order valence-corrected chi connectivity index (χ0v) is 11.6. The molecule has 2 unspecified atom stereocenters. The lowest BCUT2D eigenvalue weighted by Gasteiger charge is -2.37. The van der Waals surface area contributed by atoms with E-state index in [1.807, 2.05) is 6.20 Å². The van der Waals surface area contributed by atoms with E-state index in [1.54, 1.807) is 6.33 Å². The number of aromatic nitrogens is 2. The van der Waals surface area contributed by atoms with Gasteiger partial charge in [0, 0.05) is 19.3 Å². The van der Waals surface area contributed by atoms with Crippen molar-refractivity contribution >= 4 is 28.4 Å². The highest BCUT2D eigenvalue weighted by Gasteiger charge is 2.26. The lowest BCUT2D eigenvalue weighted by Crippen LogP contribution is -2.43. The maximum atomic E-state index is 5.81. The SMILES string of the molecule is CC1CCN(c2ncncc2I)CC1CN. The minimum absolute atomic E-state index is 0.583. The first-order valence-corrected chi connectivity index (χ1v) is 6.70. The Labute approximate surface area is 110 Å². The summed E-state index contributed by atoms with van der Waals surface area (Å²) in [4.78, 5) is 10.7. The van der Waals surface area contributed by atoms with Gasteiger partial charge in [-0.05, 0) is 47.4 Å². The lowest BCUT2D eigenvalue weighted by molar-refractivity contribution is 0.306. The molecule has 16 heavy (non-hydrogen) atoms. The molecule has 4 nitrogen and oxygen atoms in total. The molecule has 1 aliphatic heterocycles. The molecule has 2 heterocycles. The second-order valence-corrected chi connectivity index (χ2v) is 5.56. The van der Waals surface area contributed by atoms with Crippen molar-refractivity contribution in [2.45, 2.75) is 13.3 Å². The van der Waals surface area contributed by atoms with Gasteiger partial charge in [-0.1, -0.05) is 6.92 Å². The third kappa shape index (κ3) is 2.45. The van der Waals surface area contributed by atoms with Gasteiger partial charge in [-0.25, -0.2) is 9.97 Å². The molecular weight excluding hydrogens is 315 g/mol. The molecule has 2 atom stereocenters. The van der Waals surface area contributed by atoms with Crippen LogP contribution in [0.4, 0.5) is 5.82 Å². The lowest BCUT2D eigenvalue weighted by atomic mass is 9.87. The molecule has 88 valence electrons. The van der Waals surface area contributed by atoms with Crippen LogP contribution in [0.2, 0.25) is 0 Å². The molecule has 0 spiro atoms. The summed E-state index contributed by atoms with van der Waals surface area (Å²) in [7, 11) is 0. The Morgan fingerprint density at radius 3 is 3.12 bits per heavy atom. The van der Waals surface area contributed by atoms with Gasteiger partial charge in [-0.15, -0.1) is 0 Å². The van der Waals surface area contributed by atoms with Gasteiger partial charge < -0.3 is 10.6 Å². The first-order chi connectivity index (χ1) is 7.72. The molecule has 1 saturated heterocycles. The van der Waals surface area contributed by atoms with Crippen LogP contribution >= 0.6 is 22.6 Å². The highest BCUT2D eigenvalue weighted by atomic mass is 127. The molecule has 0 radical (unpaired) electrons. The van der Waals surface area contributed by atoms with Gasteiger partial charge in [0.1, 0.15) is 12.1 Å². The zero-order valence-electron chi connectivity index (χ0n) is 9.43. The van der Waals surface area contributed by atoms with Gasteiger partial charge >= 0.3 is 0 Å². The van der Waals surface area contributed by atoms with E-state index < -0.39 is 0 Å². The molecule has 5 heteroatoms. The molecule has 0 amide bonds. The van der Waals surface area contributed by atoms with E-state index >= 15 is 0 Å². The molecule has 0 aliphatic carbocycles. The fourth-order valence-electron chi connectivity index (χ4n) is 2.19. The summed E-state index contributed by atoms with van der Waals surface area (Å²) >= 11 is 2.29. The normalized spacial score (nSPS) is 25.8. The van der Waals surface area contributed by atoms with E-state index in [9.17, 15) is 0 Å². The van der Waals surface area contributed by atoms with Crippen molar-refractivity contribution in [3.63, 3.8) is 0 Å². The summed E-state index contributed by atoms with van der Waals surface area (Å²) in [5.74, 6) is 2.36. The molecule has 0 bridgehead atoms. The summed E-state index contributed by atoms with van der Waals surface area (Å²) in [6.07, 6.45) is 4.67. The van der Waals surface area contributed by atoms with E-state index in [0.29, 0.717) is 5.92 Å². The van der Waals surface area contributed by atoms with Gasteiger partial charge in [0.15, 0.2) is 0 Å². The third-order valence-corrected chi connectivity index (χ3v) is 4.13. The second kappa shape index (κ2) is 5.27. The van der Waals surface area contributed by atoms with Gasteiger partial charge in [-0.3, -0.25) is 0 Å². The first kappa shape index (κ1) is 12.0.